The maximum atomic E-state index is 9.41. The number of rotatable bonds is 5. The van der Waals surface area contributed by atoms with Gasteiger partial charge in [0.2, 0.25) is 0 Å². The summed E-state index contributed by atoms with van der Waals surface area (Å²) in [4.78, 5) is 0. The minimum absolute atomic E-state index is 0.118. The summed E-state index contributed by atoms with van der Waals surface area (Å²) < 4.78 is 5.22. The Balaban J connectivity index is 2.17. The van der Waals surface area contributed by atoms with E-state index in [0.717, 1.165) is 23.3 Å². The molecule has 0 aliphatic carbocycles. The Labute approximate surface area is 120 Å². The zero-order valence-corrected chi connectivity index (χ0v) is 12.0. The summed E-state index contributed by atoms with van der Waals surface area (Å²) in [6.07, 6.45) is 1.73. The molecule has 0 heterocycles. The lowest BCUT2D eigenvalue weighted by Gasteiger charge is -2.11. The Morgan fingerprint density at radius 2 is 1.85 bits per heavy atom. The molecule has 0 bridgehead atoms. The van der Waals surface area contributed by atoms with E-state index in [2.05, 4.69) is 37.3 Å². The molecule has 2 rings (SSSR count). The van der Waals surface area contributed by atoms with Gasteiger partial charge in [-0.2, -0.15) is 5.26 Å². The second-order valence-corrected chi connectivity index (χ2v) is 4.83. The molecule has 0 saturated heterocycles. The molecule has 0 saturated carbocycles. The van der Waals surface area contributed by atoms with Gasteiger partial charge in [0, 0.05) is 0 Å². The van der Waals surface area contributed by atoms with E-state index < -0.39 is 0 Å². The van der Waals surface area contributed by atoms with Crippen molar-refractivity contribution in [2.75, 3.05) is 7.11 Å². The fraction of sp³-hybridized carbons (Fsp3) is 0.278. The molecule has 1 unspecified atom stereocenters. The maximum Gasteiger partial charge on any atom is 0.119 e. The van der Waals surface area contributed by atoms with Gasteiger partial charge in [0.25, 0.3) is 0 Å². The van der Waals surface area contributed by atoms with Crippen LogP contribution in [0.2, 0.25) is 0 Å². The zero-order chi connectivity index (χ0) is 14.4. The molecular weight excluding hydrogens is 246 g/mol. The molecule has 0 amide bonds. The molecule has 2 aromatic rings. The van der Waals surface area contributed by atoms with Gasteiger partial charge in [-0.25, -0.2) is 0 Å². The van der Waals surface area contributed by atoms with Gasteiger partial charge >= 0.3 is 0 Å². The largest absolute Gasteiger partial charge is 0.497 e. The summed E-state index contributed by atoms with van der Waals surface area (Å²) in [6.45, 7) is 2.13. The number of nitriles is 1. The Morgan fingerprint density at radius 1 is 1.10 bits per heavy atom. The first-order chi connectivity index (χ1) is 9.76. The molecule has 0 fully saturated rings. The van der Waals surface area contributed by atoms with Gasteiger partial charge in [-0.1, -0.05) is 43.3 Å². The molecule has 1 atom stereocenters. The van der Waals surface area contributed by atoms with Gasteiger partial charge in [-0.05, 0) is 41.7 Å². The molecule has 2 aromatic carbocycles. The second kappa shape index (κ2) is 6.77. The zero-order valence-electron chi connectivity index (χ0n) is 12.0. The maximum absolute atomic E-state index is 9.41. The van der Waals surface area contributed by atoms with E-state index in [1.54, 1.807) is 7.11 Å². The van der Waals surface area contributed by atoms with Crippen molar-refractivity contribution in [2.45, 2.75) is 25.7 Å². The number of ether oxygens (including phenoxy) is 1. The molecule has 20 heavy (non-hydrogen) atoms. The second-order valence-electron chi connectivity index (χ2n) is 4.83. The number of aryl methyl sites for hydroxylation is 1. The summed E-state index contributed by atoms with van der Waals surface area (Å²) >= 11 is 0. The molecule has 2 nitrogen and oxygen atoms in total. The summed E-state index contributed by atoms with van der Waals surface area (Å²) in [5.74, 6) is 0.716. The average molecular weight is 265 g/mol. The van der Waals surface area contributed by atoms with Gasteiger partial charge in [0.05, 0.1) is 19.1 Å². The Morgan fingerprint density at radius 3 is 2.45 bits per heavy atom. The highest BCUT2D eigenvalue weighted by molar-refractivity contribution is 5.34. The van der Waals surface area contributed by atoms with Crippen LogP contribution in [0.5, 0.6) is 5.75 Å². The highest BCUT2D eigenvalue weighted by atomic mass is 16.5. The van der Waals surface area contributed by atoms with Gasteiger partial charge in [-0.3, -0.25) is 0 Å². The van der Waals surface area contributed by atoms with Crippen molar-refractivity contribution in [2.24, 2.45) is 0 Å². The van der Waals surface area contributed by atoms with Gasteiger partial charge in [-0.15, -0.1) is 0 Å². The van der Waals surface area contributed by atoms with Crippen LogP contribution in [0.4, 0.5) is 0 Å². The van der Waals surface area contributed by atoms with Crippen LogP contribution in [0.15, 0.2) is 48.5 Å². The number of benzene rings is 2. The monoisotopic (exact) mass is 265 g/mol. The number of hydrogen-bond acceptors (Lipinski definition) is 2. The fourth-order valence-corrected chi connectivity index (χ4v) is 2.26. The summed E-state index contributed by atoms with van der Waals surface area (Å²) in [5, 5.41) is 9.41. The van der Waals surface area contributed by atoms with Crippen molar-refractivity contribution in [1.29, 1.82) is 5.26 Å². The summed E-state index contributed by atoms with van der Waals surface area (Å²) in [5.41, 5.74) is 3.50. The van der Waals surface area contributed by atoms with Crippen molar-refractivity contribution < 1.29 is 4.74 Å². The molecule has 0 aliphatic rings. The summed E-state index contributed by atoms with van der Waals surface area (Å²) in [7, 11) is 1.66. The van der Waals surface area contributed by atoms with Crippen LogP contribution in [0.1, 0.15) is 29.5 Å². The highest BCUT2D eigenvalue weighted by Crippen LogP contribution is 2.23. The van der Waals surface area contributed by atoms with Crippen LogP contribution in [0, 0.1) is 11.3 Å². The minimum Gasteiger partial charge on any atom is -0.497 e. The third-order valence-corrected chi connectivity index (χ3v) is 3.52. The third kappa shape index (κ3) is 3.39. The lowest BCUT2D eigenvalue weighted by atomic mass is 9.92. The van der Waals surface area contributed by atoms with E-state index >= 15 is 0 Å². The van der Waals surface area contributed by atoms with Crippen LogP contribution in [-0.2, 0) is 12.8 Å². The topological polar surface area (TPSA) is 33.0 Å². The van der Waals surface area contributed by atoms with E-state index in [0.29, 0.717) is 6.42 Å². The average Bonchev–Trinajstić information content (AvgIpc) is 2.53. The smallest absolute Gasteiger partial charge is 0.119 e. The predicted molar refractivity (Wildman–Crippen MR) is 80.9 cm³/mol. The molecule has 102 valence electrons. The number of hydrogen-bond donors (Lipinski definition) is 0. The Hall–Kier alpha value is -2.27. The van der Waals surface area contributed by atoms with E-state index in [-0.39, 0.29) is 5.92 Å². The molecular formula is C18H19NO. The van der Waals surface area contributed by atoms with Crippen LogP contribution in [0.3, 0.4) is 0 Å². The van der Waals surface area contributed by atoms with Gasteiger partial charge < -0.3 is 4.74 Å². The number of nitrogens with zero attached hydrogens (tertiary/aromatic N) is 1. The van der Waals surface area contributed by atoms with E-state index in [9.17, 15) is 5.26 Å². The molecule has 0 spiro atoms. The minimum atomic E-state index is -0.118. The fourth-order valence-electron chi connectivity index (χ4n) is 2.26. The molecule has 2 heteroatoms. The van der Waals surface area contributed by atoms with E-state index in [4.69, 9.17) is 4.74 Å². The first-order valence-electron chi connectivity index (χ1n) is 6.88. The Kier molecular flexibility index (Phi) is 4.79. The van der Waals surface area contributed by atoms with Crippen LogP contribution >= 0.6 is 0 Å². The highest BCUT2D eigenvalue weighted by Gasteiger charge is 2.11. The van der Waals surface area contributed by atoms with E-state index in [1.807, 2.05) is 24.3 Å². The van der Waals surface area contributed by atoms with Crippen molar-refractivity contribution >= 4 is 0 Å². The third-order valence-electron chi connectivity index (χ3n) is 3.52. The van der Waals surface area contributed by atoms with Crippen LogP contribution in [0.25, 0.3) is 0 Å². The van der Waals surface area contributed by atoms with Gasteiger partial charge in [0.1, 0.15) is 5.75 Å². The van der Waals surface area contributed by atoms with Crippen molar-refractivity contribution in [3.05, 3.63) is 65.2 Å². The van der Waals surface area contributed by atoms with E-state index in [1.165, 1.54) is 5.56 Å². The quantitative estimate of drug-likeness (QED) is 0.815. The summed E-state index contributed by atoms with van der Waals surface area (Å²) in [6, 6.07) is 18.6. The molecule has 0 aliphatic heterocycles. The molecule has 0 radical (unpaired) electrons. The van der Waals surface area contributed by atoms with Crippen LogP contribution < -0.4 is 4.74 Å². The SMILES string of the molecule is CCc1ccc(C(C#N)Cc2cccc(OC)c2)cc1. The molecule has 0 N–H and O–H groups in total. The lowest BCUT2D eigenvalue weighted by molar-refractivity contribution is 0.414. The predicted octanol–water partition coefficient (Wildman–Crippen LogP) is 4.11. The van der Waals surface area contributed by atoms with Gasteiger partial charge in [0.15, 0.2) is 0 Å². The normalized spacial score (nSPS) is 11.7. The first-order valence-corrected chi connectivity index (χ1v) is 6.88. The standard InChI is InChI=1S/C18H19NO/c1-3-14-7-9-16(10-8-14)17(13-19)11-15-5-4-6-18(12-15)20-2/h4-10,12,17H,3,11H2,1-2H3. The van der Waals surface area contributed by atoms with Crippen LogP contribution in [-0.4, -0.2) is 7.11 Å². The first kappa shape index (κ1) is 14.1. The van der Waals surface area contributed by atoms with Crippen molar-refractivity contribution in [3.8, 4) is 11.8 Å². The number of methoxy groups -OCH3 is 1. The molecule has 0 aromatic heterocycles. The Bertz CT molecular complexity index is 596. The van der Waals surface area contributed by atoms with Crippen molar-refractivity contribution in [3.63, 3.8) is 0 Å². The van der Waals surface area contributed by atoms with Crippen molar-refractivity contribution in [1.82, 2.24) is 0 Å². The lowest BCUT2D eigenvalue weighted by Crippen LogP contribution is -2.01.